The maximum Gasteiger partial charge on any atom is 0.0456 e. The molecule has 124 valence electrons. The van der Waals surface area contributed by atoms with E-state index in [9.17, 15) is 0 Å². The van der Waals surface area contributed by atoms with Gasteiger partial charge in [-0.2, -0.15) is 0 Å². The molecule has 2 unspecified atom stereocenters. The lowest BCUT2D eigenvalue weighted by molar-refractivity contribution is 0.227. The minimum absolute atomic E-state index is 0.354. The van der Waals surface area contributed by atoms with E-state index in [0.717, 1.165) is 5.92 Å². The molecule has 6 heteroatoms. The first kappa shape index (κ1) is 22.1. The third-order valence-corrected chi connectivity index (χ3v) is 3.26. The second-order valence-corrected chi connectivity index (χ2v) is 6.40. The molecule has 5 nitrogen and oxygen atoms in total. The molecule has 0 bridgehead atoms. The summed E-state index contributed by atoms with van der Waals surface area (Å²) in [4.78, 5) is 0. The van der Waals surface area contributed by atoms with Crippen LogP contribution in [0.1, 0.15) is 72.1 Å². The molecular formula is C14H30O5S-2. The fraction of sp³-hybridized carbons (Fsp3) is 1.00. The first-order chi connectivity index (χ1) is 9.20. The topological polar surface area (TPSA) is 100 Å². The Morgan fingerprint density at radius 1 is 0.900 bits per heavy atom. The molecule has 0 amide bonds. The number of hydrogen-bond acceptors (Lipinski definition) is 5. The summed E-state index contributed by atoms with van der Waals surface area (Å²) in [5, 5.41) is 8.88. The van der Waals surface area contributed by atoms with Gasteiger partial charge in [-0.1, -0.05) is 65.7 Å². The summed E-state index contributed by atoms with van der Waals surface area (Å²) >= 11 is 0. The standard InChI is InChI=1S/C14H30O.H2O4S/c1-4-5-9-13(2)10-7-6-8-11-14(3)12-15;1-5(2,3)4/h13-15H,4-12H2,1-3H3;(H2,1,2,3,4)/p-2. The van der Waals surface area contributed by atoms with Crippen molar-refractivity contribution in [1.82, 2.24) is 0 Å². The maximum absolute atomic E-state index is 8.88. The van der Waals surface area contributed by atoms with Gasteiger partial charge >= 0.3 is 0 Å². The summed E-state index contributed by atoms with van der Waals surface area (Å²) < 4.78 is 34.1. The molecular weight excluding hydrogens is 280 g/mol. The van der Waals surface area contributed by atoms with Gasteiger partial charge < -0.3 is 14.2 Å². The van der Waals surface area contributed by atoms with Gasteiger partial charge in [-0.25, -0.2) is 0 Å². The Balaban J connectivity index is 0. The normalized spacial score (nSPS) is 14.3. The summed E-state index contributed by atoms with van der Waals surface area (Å²) in [7, 11) is -5.17. The smallest absolute Gasteiger partial charge is 0.0456 e. The average molecular weight is 310 g/mol. The summed E-state index contributed by atoms with van der Waals surface area (Å²) in [5.74, 6) is 1.42. The van der Waals surface area contributed by atoms with Gasteiger partial charge in [-0.05, 0) is 18.3 Å². The predicted octanol–water partition coefficient (Wildman–Crippen LogP) is 3.05. The molecule has 0 aromatic carbocycles. The van der Waals surface area contributed by atoms with Crippen LogP contribution in [0.4, 0.5) is 0 Å². The molecule has 0 aromatic heterocycles. The highest BCUT2D eigenvalue weighted by Gasteiger charge is 2.02. The van der Waals surface area contributed by atoms with E-state index < -0.39 is 10.4 Å². The van der Waals surface area contributed by atoms with Crippen LogP contribution in [0.2, 0.25) is 0 Å². The predicted molar refractivity (Wildman–Crippen MR) is 78.5 cm³/mol. The van der Waals surface area contributed by atoms with Gasteiger partial charge in [0.25, 0.3) is 0 Å². The van der Waals surface area contributed by atoms with E-state index in [4.69, 9.17) is 22.6 Å². The highest BCUT2D eigenvalue weighted by atomic mass is 32.3. The van der Waals surface area contributed by atoms with Crippen LogP contribution >= 0.6 is 0 Å². The molecule has 2 atom stereocenters. The first-order valence-corrected chi connectivity index (χ1v) is 8.81. The quantitative estimate of drug-likeness (QED) is 0.379. The first-order valence-electron chi connectivity index (χ1n) is 7.48. The van der Waals surface area contributed by atoms with E-state index in [1.807, 2.05) is 0 Å². The van der Waals surface area contributed by atoms with E-state index in [-0.39, 0.29) is 0 Å². The van der Waals surface area contributed by atoms with Gasteiger partial charge in [0.05, 0.1) is 0 Å². The molecule has 0 aromatic rings. The number of hydrogen-bond donors (Lipinski definition) is 1. The third kappa shape index (κ3) is 26.4. The molecule has 0 aliphatic carbocycles. The van der Waals surface area contributed by atoms with E-state index in [1.54, 1.807) is 0 Å². The fourth-order valence-corrected chi connectivity index (χ4v) is 1.95. The summed E-state index contributed by atoms with van der Waals surface area (Å²) in [6.07, 6.45) is 10.7. The van der Waals surface area contributed by atoms with E-state index >= 15 is 0 Å². The van der Waals surface area contributed by atoms with Crippen LogP contribution in [0.15, 0.2) is 0 Å². The van der Waals surface area contributed by atoms with E-state index in [2.05, 4.69) is 20.8 Å². The SMILES string of the molecule is CCCCC(C)CCCCCC(C)CO.O=S(=O)([O-])[O-]. The number of aliphatic hydroxyl groups is 1. The lowest BCUT2D eigenvalue weighted by Gasteiger charge is -2.11. The van der Waals surface area contributed by atoms with Gasteiger partial charge in [0, 0.05) is 17.0 Å². The fourth-order valence-electron chi connectivity index (χ4n) is 1.95. The molecule has 20 heavy (non-hydrogen) atoms. The lowest BCUT2D eigenvalue weighted by atomic mass is 9.96. The highest BCUT2D eigenvalue weighted by molar-refractivity contribution is 7.79. The second-order valence-electron chi connectivity index (χ2n) is 5.58. The summed E-state index contributed by atoms with van der Waals surface area (Å²) in [5.41, 5.74) is 0. The minimum Gasteiger partial charge on any atom is -0.759 e. The monoisotopic (exact) mass is 310 g/mol. The van der Waals surface area contributed by atoms with Gasteiger partial charge in [-0.15, -0.1) is 0 Å². The van der Waals surface area contributed by atoms with Crippen molar-refractivity contribution in [2.24, 2.45) is 11.8 Å². The maximum atomic E-state index is 8.88. The minimum atomic E-state index is -5.17. The Bertz CT molecular complexity index is 282. The van der Waals surface area contributed by atoms with Crippen molar-refractivity contribution < 1.29 is 22.6 Å². The van der Waals surface area contributed by atoms with Gasteiger partial charge in [0.15, 0.2) is 0 Å². The number of unbranched alkanes of at least 4 members (excludes halogenated alkanes) is 3. The van der Waals surface area contributed by atoms with Crippen molar-refractivity contribution in [3.05, 3.63) is 0 Å². The molecule has 0 rings (SSSR count). The zero-order chi connectivity index (χ0) is 16.0. The van der Waals surface area contributed by atoms with Crippen LogP contribution in [0.5, 0.6) is 0 Å². The van der Waals surface area contributed by atoms with Gasteiger partial charge in [-0.3, -0.25) is 8.42 Å². The van der Waals surface area contributed by atoms with Crippen molar-refractivity contribution in [1.29, 1.82) is 0 Å². The Hall–Kier alpha value is -0.170. The Labute approximate surface area is 124 Å². The van der Waals surface area contributed by atoms with Crippen LogP contribution in [0.25, 0.3) is 0 Å². The molecule has 1 N–H and O–H groups in total. The van der Waals surface area contributed by atoms with Crippen LogP contribution in [-0.2, 0) is 10.4 Å². The summed E-state index contributed by atoms with van der Waals surface area (Å²) in [6.45, 7) is 7.13. The largest absolute Gasteiger partial charge is 0.759 e. The Kier molecular flexibility index (Phi) is 15.3. The molecule has 0 radical (unpaired) electrons. The molecule has 0 heterocycles. The number of aliphatic hydroxyl groups excluding tert-OH is 1. The molecule has 0 fully saturated rings. The van der Waals surface area contributed by atoms with Crippen molar-refractivity contribution in [3.8, 4) is 0 Å². The van der Waals surface area contributed by atoms with Crippen molar-refractivity contribution in [3.63, 3.8) is 0 Å². The van der Waals surface area contributed by atoms with Crippen molar-refractivity contribution in [2.75, 3.05) is 6.61 Å². The lowest BCUT2D eigenvalue weighted by Crippen LogP contribution is -2.00. The zero-order valence-corrected chi connectivity index (χ0v) is 13.8. The second kappa shape index (κ2) is 13.8. The number of rotatable bonds is 10. The average Bonchev–Trinajstić information content (AvgIpc) is 2.33. The zero-order valence-electron chi connectivity index (χ0n) is 13.0. The van der Waals surface area contributed by atoms with Gasteiger partial charge in [0.2, 0.25) is 0 Å². The van der Waals surface area contributed by atoms with Crippen molar-refractivity contribution >= 4 is 10.4 Å². The molecule has 0 spiro atoms. The highest BCUT2D eigenvalue weighted by Crippen LogP contribution is 2.17. The van der Waals surface area contributed by atoms with Crippen LogP contribution in [0.3, 0.4) is 0 Å². The summed E-state index contributed by atoms with van der Waals surface area (Å²) in [6, 6.07) is 0. The molecule has 0 saturated heterocycles. The Morgan fingerprint density at radius 3 is 1.70 bits per heavy atom. The molecule has 0 aliphatic heterocycles. The van der Waals surface area contributed by atoms with Crippen LogP contribution in [0, 0.1) is 11.8 Å². The molecule has 0 aliphatic rings. The van der Waals surface area contributed by atoms with E-state index in [1.165, 1.54) is 51.4 Å². The third-order valence-electron chi connectivity index (χ3n) is 3.26. The van der Waals surface area contributed by atoms with Crippen LogP contribution in [-0.4, -0.2) is 29.2 Å². The van der Waals surface area contributed by atoms with Gasteiger partial charge in [0.1, 0.15) is 0 Å². The van der Waals surface area contributed by atoms with E-state index in [0.29, 0.717) is 12.5 Å². The van der Waals surface area contributed by atoms with Crippen LogP contribution < -0.4 is 0 Å². The molecule has 0 saturated carbocycles. The Morgan fingerprint density at radius 2 is 1.30 bits per heavy atom. The van der Waals surface area contributed by atoms with Crippen molar-refractivity contribution in [2.45, 2.75) is 72.1 Å².